The standard InChI is InChI=1S/C26H31N7O3/c1-17(32(5)6)35-21-13-11-20(12-14-21)33-16-22(29-31-33)18-7-9-19(10-8-18)27-25(34)28-24-15-23(36-30-24)26(2,3)4/h7-17H,1-6H3,(H2,27,28,30,34). The van der Waals surface area contributed by atoms with Gasteiger partial charge in [-0.05, 0) is 57.4 Å². The molecule has 10 heteroatoms. The van der Waals surface area contributed by atoms with E-state index in [0.29, 0.717) is 23.0 Å². The third kappa shape index (κ3) is 6.08. The first-order valence-corrected chi connectivity index (χ1v) is 11.6. The van der Waals surface area contributed by atoms with E-state index in [9.17, 15) is 4.79 Å². The monoisotopic (exact) mass is 489 g/mol. The van der Waals surface area contributed by atoms with Crippen molar-refractivity contribution in [3.05, 3.63) is 66.6 Å². The van der Waals surface area contributed by atoms with Crippen LogP contribution >= 0.6 is 0 Å². The Morgan fingerprint density at radius 2 is 1.75 bits per heavy atom. The molecule has 1 atom stereocenters. The molecule has 0 spiro atoms. The summed E-state index contributed by atoms with van der Waals surface area (Å²) in [4.78, 5) is 14.3. The zero-order valence-corrected chi connectivity index (χ0v) is 21.3. The second kappa shape index (κ2) is 10.2. The van der Waals surface area contributed by atoms with Crippen LogP contribution in [-0.2, 0) is 5.41 Å². The lowest BCUT2D eigenvalue weighted by molar-refractivity contribution is 0.0815. The Kier molecular flexibility index (Phi) is 7.07. The minimum Gasteiger partial charge on any atom is -0.475 e. The lowest BCUT2D eigenvalue weighted by Crippen LogP contribution is -2.30. The molecule has 36 heavy (non-hydrogen) atoms. The number of ether oxygens (including phenoxy) is 1. The zero-order valence-electron chi connectivity index (χ0n) is 21.3. The van der Waals surface area contributed by atoms with E-state index in [1.54, 1.807) is 22.9 Å². The van der Waals surface area contributed by atoms with E-state index in [1.165, 1.54) is 0 Å². The van der Waals surface area contributed by atoms with Gasteiger partial charge >= 0.3 is 6.03 Å². The predicted molar refractivity (Wildman–Crippen MR) is 138 cm³/mol. The zero-order chi connectivity index (χ0) is 25.9. The second-order valence-electron chi connectivity index (χ2n) is 9.71. The van der Waals surface area contributed by atoms with Crippen LogP contribution in [0, 0.1) is 0 Å². The Morgan fingerprint density at radius 3 is 2.36 bits per heavy atom. The lowest BCUT2D eigenvalue weighted by Gasteiger charge is -2.21. The minimum atomic E-state index is -0.408. The molecule has 0 fully saturated rings. The highest BCUT2D eigenvalue weighted by atomic mass is 16.5. The number of carbonyl (C=O) groups is 1. The van der Waals surface area contributed by atoms with Gasteiger partial charge in [0, 0.05) is 22.7 Å². The van der Waals surface area contributed by atoms with Gasteiger partial charge in [-0.1, -0.05) is 43.3 Å². The Bertz CT molecular complexity index is 1300. The number of urea groups is 1. The van der Waals surface area contributed by atoms with E-state index in [0.717, 1.165) is 17.0 Å². The van der Waals surface area contributed by atoms with Crippen molar-refractivity contribution in [2.45, 2.75) is 39.3 Å². The fourth-order valence-electron chi connectivity index (χ4n) is 3.19. The molecule has 0 radical (unpaired) electrons. The van der Waals surface area contributed by atoms with Crippen LogP contribution in [0.4, 0.5) is 16.3 Å². The normalized spacial score (nSPS) is 12.4. The Morgan fingerprint density at radius 1 is 1.06 bits per heavy atom. The van der Waals surface area contributed by atoms with Gasteiger partial charge in [0.2, 0.25) is 0 Å². The Hall–Kier alpha value is -4.18. The molecule has 0 saturated carbocycles. The van der Waals surface area contributed by atoms with E-state index in [1.807, 2.05) is 89.3 Å². The van der Waals surface area contributed by atoms with Crippen LogP contribution < -0.4 is 15.4 Å². The fraction of sp³-hybridized carbons (Fsp3) is 0.308. The summed E-state index contributed by atoms with van der Waals surface area (Å²) in [5.74, 6) is 1.83. The maximum Gasteiger partial charge on any atom is 0.324 e. The van der Waals surface area contributed by atoms with Gasteiger partial charge in [0.15, 0.2) is 5.82 Å². The Balaban J connectivity index is 1.36. The van der Waals surface area contributed by atoms with Crippen molar-refractivity contribution >= 4 is 17.5 Å². The number of hydrogen-bond acceptors (Lipinski definition) is 7. The van der Waals surface area contributed by atoms with E-state index in [4.69, 9.17) is 9.26 Å². The second-order valence-corrected chi connectivity index (χ2v) is 9.71. The largest absolute Gasteiger partial charge is 0.475 e. The summed E-state index contributed by atoms with van der Waals surface area (Å²) in [6.07, 6.45) is 1.83. The number of aromatic nitrogens is 4. The van der Waals surface area contributed by atoms with Crippen molar-refractivity contribution < 1.29 is 14.1 Å². The van der Waals surface area contributed by atoms with Gasteiger partial charge in [-0.3, -0.25) is 10.2 Å². The molecule has 4 aromatic rings. The van der Waals surface area contributed by atoms with Gasteiger partial charge in [-0.2, -0.15) is 0 Å². The number of nitrogens with zero attached hydrogens (tertiary/aromatic N) is 5. The minimum absolute atomic E-state index is 0.0269. The van der Waals surface area contributed by atoms with Crippen molar-refractivity contribution in [3.8, 4) is 22.7 Å². The number of nitrogens with one attached hydrogen (secondary N) is 2. The molecule has 188 valence electrons. The molecule has 2 heterocycles. The number of benzene rings is 2. The summed E-state index contributed by atoms with van der Waals surface area (Å²) in [5.41, 5.74) is 2.90. The molecule has 2 amide bonds. The van der Waals surface area contributed by atoms with Crippen LogP contribution in [0.5, 0.6) is 5.75 Å². The smallest absolute Gasteiger partial charge is 0.324 e. The number of anilines is 2. The fourth-order valence-corrected chi connectivity index (χ4v) is 3.19. The van der Waals surface area contributed by atoms with Crippen LogP contribution in [0.1, 0.15) is 33.5 Å². The highest BCUT2D eigenvalue weighted by Crippen LogP contribution is 2.25. The van der Waals surface area contributed by atoms with E-state index >= 15 is 0 Å². The molecule has 1 unspecified atom stereocenters. The van der Waals surface area contributed by atoms with Crippen LogP contribution in [-0.4, -0.2) is 51.4 Å². The molecule has 0 aliphatic heterocycles. The summed E-state index contributed by atoms with van der Waals surface area (Å²) in [7, 11) is 3.93. The van der Waals surface area contributed by atoms with E-state index in [-0.39, 0.29) is 11.6 Å². The van der Waals surface area contributed by atoms with Crippen molar-refractivity contribution in [2.24, 2.45) is 0 Å². The molecule has 0 bridgehead atoms. The third-order valence-electron chi connectivity index (χ3n) is 5.56. The highest BCUT2D eigenvalue weighted by molar-refractivity contribution is 5.99. The number of carbonyl (C=O) groups excluding carboxylic acids is 1. The molecule has 0 aliphatic rings. The van der Waals surface area contributed by atoms with Gasteiger partial charge in [0.05, 0.1) is 11.9 Å². The molecule has 2 N–H and O–H groups in total. The predicted octanol–water partition coefficient (Wildman–Crippen LogP) is 5.15. The SMILES string of the molecule is CC(Oc1ccc(-n2cc(-c3ccc(NC(=O)Nc4cc(C(C)(C)C)on4)cc3)nn2)cc1)N(C)C. The maximum atomic E-state index is 12.3. The number of rotatable bonds is 7. The lowest BCUT2D eigenvalue weighted by atomic mass is 9.93. The van der Waals surface area contributed by atoms with Crippen molar-refractivity contribution in [2.75, 3.05) is 24.7 Å². The van der Waals surface area contributed by atoms with Crippen LogP contribution in [0.2, 0.25) is 0 Å². The first-order chi connectivity index (χ1) is 17.1. The van der Waals surface area contributed by atoms with Crippen LogP contribution in [0.3, 0.4) is 0 Å². The first-order valence-electron chi connectivity index (χ1n) is 11.6. The molecule has 0 aliphatic carbocycles. The van der Waals surface area contributed by atoms with Gasteiger partial charge in [0.25, 0.3) is 0 Å². The van der Waals surface area contributed by atoms with Crippen molar-refractivity contribution in [1.82, 2.24) is 25.1 Å². The molecule has 2 aromatic heterocycles. The summed E-state index contributed by atoms with van der Waals surface area (Å²) in [6.45, 7) is 8.02. The van der Waals surface area contributed by atoms with Crippen molar-refractivity contribution in [1.29, 1.82) is 0 Å². The average molecular weight is 490 g/mol. The molecular formula is C26H31N7O3. The maximum absolute atomic E-state index is 12.3. The molecule has 4 rings (SSSR count). The highest BCUT2D eigenvalue weighted by Gasteiger charge is 2.20. The van der Waals surface area contributed by atoms with E-state index < -0.39 is 6.03 Å². The average Bonchev–Trinajstić information content (AvgIpc) is 3.50. The van der Waals surface area contributed by atoms with Gasteiger partial charge in [-0.25, -0.2) is 9.48 Å². The molecular weight excluding hydrogens is 458 g/mol. The summed E-state index contributed by atoms with van der Waals surface area (Å²) in [6, 6.07) is 16.3. The molecule has 10 nitrogen and oxygen atoms in total. The van der Waals surface area contributed by atoms with Crippen LogP contribution in [0.15, 0.2) is 65.3 Å². The topological polar surface area (TPSA) is 110 Å². The number of hydrogen-bond donors (Lipinski definition) is 2. The van der Waals surface area contributed by atoms with Gasteiger partial charge in [0.1, 0.15) is 23.4 Å². The van der Waals surface area contributed by atoms with Crippen LogP contribution in [0.25, 0.3) is 16.9 Å². The van der Waals surface area contributed by atoms with E-state index in [2.05, 4.69) is 26.1 Å². The van der Waals surface area contributed by atoms with Gasteiger partial charge in [-0.15, -0.1) is 5.10 Å². The summed E-state index contributed by atoms with van der Waals surface area (Å²) < 4.78 is 12.9. The van der Waals surface area contributed by atoms with Crippen molar-refractivity contribution in [3.63, 3.8) is 0 Å². The first kappa shape index (κ1) is 24.9. The third-order valence-corrected chi connectivity index (χ3v) is 5.56. The number of amides is 2. The quantitative estimate of drug-likeness (QED) is 0.345. The molecule has 0 saturated heterocycles. The Labute approximate surface area is 210 Å². The van der Waals surface area contributed by atoms with Gasteiger partial charge < -0.3 is 14.6 Å². The summed E-state index contributed by atoms with van der Waals surface area (Å²) >= 11 is 0. The molecule has 2 aromatic carbocycles. The summed E-state index contributed by atoms with van der Waals surface area (Å²) in [5, 5.41) is 17.9.